The molecule has 0 atom stereocenters. The van der Waals surface area contributed by atoms with Crippen molar-refractivity contribution in [1.82, 2.24) is 9.97 Å². The standard InChI is InChI=1S/C16H15F5N2O3/c1-7(2)6-8-9(15(24)25-3)11(13(17)18)23-12(16(19,20)21)10(8)14-22-4-5-26-14/h4-5,7,13H,6H2,1-3H3. The monoisotopic (exact) mass is 378 g/mol. The molecule has 5 nitrogen and oxygen atoms in total. The van der Waals surface area contributed by atoms with E-state index in [4.69, 9.17) is 4.42 Å². The largest absolute Gasteiger partial charge is 0.465 e. The van der Waals surface area contributed by atoms with Gasteiger partial charge in [-0.05, 0) is 17.9 Å². The molecule has 2 heterocycles. The van der Waals surface area contributed by atoms with Gasteiger partial charge in [-0.2, -0.15) is 13.2 Å². The van der Waals surface area contributed by atoms with E-state index >= 15 is 0 Å². The summed E-state index contributed by atoms with van der Waals surface area (Å²) in [5, 5.41) is 0. The molecule has 0 aromatic carbocycles. The van der Waals surface area contributed by atoms with Crippen LogP contribution in [0, 0.1) is 5.92 Å². The fraction of sp³-hybridized carbons (Fsp3) is 0.438. The summed E-state index contributed by atoms with van der Waals surface area (Å²) in [5.41, 5.74) is -4.49. The van der Waals surface area contributed by atoms with Crippen LogP contribution in [0.3, 0.4) is 0 Å². The average molecular weight is 378 g/mol. The zero-order chi connectivity index (χ0) is 19.6. The Balaban J connectivity index is 3.00. The molecule has 10 heteroatoms. The molecule has 0 fully saturated rings. The first kappa shape index (κ1) is 19.8. The lowest BCUT2D eigenvalue weighted by Crippen LogP contribution is -2.21. The van der Waals surface area contributed by atoms with E-state index in [0.717, 1.165) is 19.6 Å². The second-order valence-electron chi connectivity index (χ2n) is 5.80. The van der Waals surface area contributed by atoms with Crippen LogP contribution in [0.1, 0.15) is 47.6 Å². The first-order valence-electron chi connectivity index (χ1n) is 7.48. The maximum Gasteiger partial charge on any atom is 0.434 e. The minimum Gasteiger partial charge on any atom is -0.465 e. The van der Waals surface area contributed by atoms with Crippen molar-refractivity contribution in [1.29, 1.82) is 0 Å². The number of hydrogen-bond acceptors (Lipinski definition) is 5. The van der Waals surface area contributed by atoms with E-state index < -0.39 is 47.0 Å². The van der Waals surface area contributed by atoms with E-state index in [2.05, 4.69) is 14.7 Å². The topological polar surface area (TPSA) is 65.2 Å². The first-order valence-corrected chi connectivity index (χ1v) is 7.48. The summed E-state index contributed by atoms with van der Waals surface area (Å²) in [7, 11) is 0.944. The minimum absolute atomic E-state index is 0.118. The van der Waals surface area contributed by atoms with Crippen molar-refractivity contribution in [2.75, 3.05) is 7.11 Å². The van der Waals surface area contributed by atoms with Gasteiger partial charge in [-0.15, -0.1) is 0 Å². The molecule has 0 N–H and O–H groups in total. The Hall–Kier alpha value is -2.52. The summed E-state index contributed by atoms with van der Waals surface area (Å²) < 4.78 is 76.8. The maximum absolute atomic E-state index is 13.5. The predicted molar refractivity (Wildman–Crippen MR) is 79.6 cm³/mol. The summed E-state index contributed by atoms with van der Waals surface area (Å²) in [4.78, 5) is 18.8. The molecule has 2 aromatic rings. The molecule has 0 radical (unpaired) electrons. The van der Waals surface area contributed by atoms with Crippen molar-refractivity contribution in [3.8, 4) is 11.5 Å². The normalized spacial score (nSPS) is 12.1. The molecule has 0 bridgehead atoms. The summed E-state index contributed by atoms with van der Waals surface area (Å²) in [5.74, 6) is -1.93. The fourth-order valence-electron chi connectivity index (χ4n) is 2.54. The van der Waals surface area contributed by atoms with Crippen LogP contribution in [0.5, 0.6) is 0 Å². The summed E-state index contributed by atoms with van der Waals surface area (Å²) in [6, 6.07) is 0. The quantitative estimate of drug-likeness (QED) is 0.558. The van der Waals surface area contributed by atoms with Crippen LogP contribution in [0.15, 0.2) is 16.9 Å². The van der Waals surface area contributed by atoms with Gasteiger partial charge in [-0.25, -0.2) is 23.5 Å². The van der Waals surface area contributed by atoms with Gasteiger partial charge in [0.25, 0.3) is 6.43 Å². The van der Waals surface area contributed by atoms with Crippen molar-refractivity contribution in [2.45, 2.75) is 32.9 Å². The maximum atomic E-state index is 13.5. The number of esters is 1. The second kappa shape index (κ2) is 7.38. The molecule has 142 valence electrons. The van der Waals surface area contributed by atoms with Crippen LogP contribution in [0.4, 0.5) is 22.0 Å². The smallest absolute Gasteiger partial charge is 0.434 e. The van der Waals surface area contributed by atoms with Gasteiger partial charge in [0.15, 0.2) is 5.69 Å². The number of rotatable bonds is 5. The third-order valence-electron chi connectivity index (χ3n) is 3.45. The second-order valence-corrected chi connectivity index (χ2v) is 5.80. The Kier molecular flexibility index (Phi) is 5.62. The Bertz CT molecular complexity index is 786. The number of carbonyl (C=O) groups excluding carboxylic acids is 1. The van der Waals surface area contributed by atoms with Crippen molar-refractivity contribution in [3.05, 3.63) is 35.0 Å². The molecule has 26 heavy (non-hydrogen) atoms. The lowest BCUT2D eigenvalue weighted by molar-refractivity contribution is -0.141. The summed E-state index contributed by atoms with van der Waals surface area (Å²) in [6.07, 6.45) is -6.45. The van der Waals surface area contributed by atoms with Crippen molar-refractivity contribution in [3.63, 3.8) is 0 Å². The van der Waals surface area contributed by atoms with Gasteiger partial charge in [0.2, 0.25) is 5.89 Å². The van der Waals surface area contributed by atoms with E-state index in [1.54, 1.807) is 13.8 Å². The van der Waals surface area contributed by atoms with Crippen molar-refractivity contribution < 1.29 is 35.9 Å². The molecule has 0 unspecified atom stereocenters. The van der Waals surface area contributed by atoms with Gasteiger partial charge in [-0.3, -0.25) is 0 Å². The van der Waals surface area contributed by atoms with E-state index in [1.807, 2.05) is 0 Å². The lowest BCUT2D eigenvalue weighted by atomic mass is 9.90. The third kappa shape index (κ3) is 3.83. The van der Waals surface area contributed by atoms with Crippen molar-refractivity contribution in [2.24, 2.45) is 5.92 Å². The van der Waals surface area contributed by atoms with Gasteiger partial charge in [0.1, 0.15) is 12.0 Å². The Morgan fingerprint density at radius 2 is 1.96 bits per heavy atom. The Morgan fingerprint density at radius 3 is 2.38 bits per heavy atom. The molecule has 0 saturated carbocycles. The van der Waals surface area contributed by atoms with Gasteiger partial charge in [0.05, 0.1) is 24.4 Å². The number of alkyl halides is 5. The molecule has 0 aliphatic heterocycles. The SMILES string of the molecule is COC(=O)c1c(C(F)F)nc(C(F)(F)F)c(-c2ncco2)c1CC(C)C. The predicted octanol–water partition coefficient (Wildman–Crippen LogP) is 4.68. The van der Waals surface area contributed by atoms with Crippen LogP contribution >= 0.6 is 0 Å². The van der Waals surface area contributed by atoms with Crippen molar-refractivity contribution >= 4 is 5.97 Å². The molecule has 2 aromatic heterocycles. The number of pyridine rings is 1. The number of carbonyl (C=O) groups is 1. The molecule has 2 rings (SSSR count). The highest BCUT2D eigenvalue weighted by Gasteiger charge is 2.42. The van der Waals surface area contributed by atoms with Gasteiger partial charge >= 0.3 is 12.1 Å². The van der Waals surface area contributed by atoms with E-state index in [-0.39, 0.29) is 17.9 Å². The van der Waals surface area contributed by atoms with Gasteiger partial charge in [0, 0.05) is 0 Å². The van der Waals surface area contributed by atoms with Crippen LogP contribution in [0.2, 0.25) is 0 Å². The Morgan fingerprint density at radius 1 is 1.31 bits per heavy atom. The number of halogens is 5. The number of hydrogen-bond donors (Lipinski definition) is 0. The molecule has 0 aliphatic rings. The molecule has 0 spiro atoms. The highest BCUT2D eigenvalue weighted by molar-refractivity contribution is 5.94. The highest BCUT2D eigenvalue weighted by Crippen LogP contribution is 2.41. The number of nitrogens with zero attached hydrogens (tertiary/aromatic N) is 2. The van der Waals surface area contributed by atoms with E-state index in [0.29, 0.717) is 0 Å². The number of oxazole rings is 1. The Labute approximate surface area is 145 Å². The first-order chi connectivity index (χ1) is 12.1. The summed E-state index contributed by atoms with van der Waals surface area (Å²) >= 11 is 0. The zero-order valence-electron chi connectivity index (χ0n) is 14.0. The van der Waals surface area contributed by atoms with Crippen LogP contribution in [-0.4, -0.2) is 23.0 Å². The molecule has 0 amide bonds. The lowest BCUT2D eigenvalue weighted by Gasteiger charge is -2.21. The molecular formula is C16H15F5N2O3. The molecule has 0 aliphatic carbocycles. The number of ether oxygens (including phenoxy) is 1. The van der Waals surface area contributed by atoms with Crippen LogP contribution in [-0.2, 0) is 17.3 Å². The highest BCUT2D eigenvalue weighted by atomic mass is 19.4. The number of methoxy groups -OCH3 is 1. The third-order valence-corrected chi connectivity index (χ3v) is 3.45. The molecular weight excluding hydrogens is 363 g/mol. The average Bonchev–Trinajstić information content (AvgIpc) is 3.05. The van der Waals surface area contributed by atoms with Crippen LogP contribution in [0.25, 0.3) is 11.5 Å². The zero-order valence-corrected chi connectivity index (χ0v) is 14.0. The minimum atomic E-state index is -5.06. The number of aromatic nitrogens is 2. The fourth-order valence-corrected chi connectivity index (χ4v) is 2.54. The van der Waals surface area contributed by atoms with E-state index in [9.17, 15) is 26.7 Å². The van der Waals surface area contributed by atoms with Crippen LogP contribution < -0.4 is 0 Å². The molecule has 0 saturated heterocycles. The van der Waals surface area contributed by atoms with E-state index in [1.165, 1.54) is 0 Å². The van der Waals surface area contributed by atoms with Gasteiger partial charge < -0.3 is 9.15 Å². The summed E-state index contributed by atoms with van der Waals surface area (Å²) in [6.45, 7) is 3.33. The van der Waals surface area contributed by atoms with Gasteiger partial charge in [-0.1, -0.05) is 13.8 Å².